The molecule has 0 saturated carbocycles. The van der Waals surface area contributed by atoms with Gasteiger partial charge in [0.15, 0.2) is 0 Å². The van der Waals surface area contributed by atoms with Crippen molar-refractivity contribution in [2.24, 2.45) is 5.92 Å². The zero-order valence-corrected chi connectivity index (χ0v) is 11.6. The standard InChI is InChI=1S/C15H24N2O/c1-11-5-4-8-17(12(11)2)10-13-6-7-14(18-3)9-15(13)16/h6-7,9,11-12H,4-5,8,10,16H2,1-3H3. The minimum absolute atomic E-state index is 0.639. The van der Waals surface area contributed by atoms with Crippen LogP contribution in [0.3, 0.4) is 0 Å². The number of ether oxygens (including phenoxy) is 1. The van der Waals surface area contributed by atoms with Crippen molar-refractivity contribution in [3.63, 3.8) is 0 Å². The number of nitrogen functional groups attached to an aromatic ring is 1. The van der Waals surface area contributed by atoms with E-state index in [1.54, 1.807) is 7.11 Å². The fraction of sp³-hybridized carbons (Fsp3) is 0.600. The van der Waals surface area contributed by atoms with Gasteiger partial charge in [-0.25, -0.2) is 0 Å². The molecular formula is C15H24N2O. The smallest absolute Gasteiger partial charge is 0.120 e. The second-order valence-corrected chi connectivity index (χ2v) is 5.40. The Kier molecular flexibility index (Phi) is 4.12. The summed E-state index contributed by atoms with van der Waals surface area (Å²) in [4.78, 5) is 2.53. The van der Waals surface area contributed by atoms with E-state index in [2.05, 4.69) is 24.8 Å². The molecule has 3 heteroatoms. The number of nitrogens with zero attached hydrogens (tertiary/aromatic N) is 1. The molecule has 1 aliphatic heterocycles. The number of nitrogens with two attached hydrogens (primary N) is 1. The van der Waals surface area contributed by atoms with Gasteiger partial charge in [-0.15, -0.1) is 0 Å². The van der Waals surface area contributed by atoms with Crippen molar-refractivity contribution < 1.29 is 4.74 Å². The van der Waals surface area contributed by atoms with Crippen molar-refractivity contribution in [3.8, 4) is 5.75 Å². The summed E-state index contributed by atoms with van der Waals surface area (Å²) in [5, 5.41) is 0. The average molecular weight is 248 g/mol. The lowest BCUT2D eigenvalue weighted by molar-refractivity contribution is 0.107. The number of benzene rings is 1. The van der Waals surface area contributed by atoms with Crippen LogP contribution >= 0.6 is 0 Å². The maximum Gasteiger partial charge on any atom is 0.120 e. The number of hydrogen-bond acceptors (Lipinski definition) is 3. The first kappa shape index (κ1) is 13.2. The molecule has 2 N–H and O–H groups in total. The van der Waals surface area contributed by atoms with Gasteiger partial charge in [0.25, 0.3) is 0 Å². The van der Waals surface area contributed by atoms with Gasteiger partial charge in [-0.3, -0.25) is 4.90 Å². The SMILES string of the molecule is COc1ccc(CN2CCCC(C)C2C)c(N)c1. The highest BCUT2D eigenvalue weighted by molar-refractivity contribution is 5.51. The van der Waals surface area contributed by atoms with Crippen LogP contribution in [0.1, 0.15) is 32.3 Å². The number of methoxy groups -OCH3 is 1. The molecule has 0 spiro atoms. The molecule has 3 nitrogen and oxygen atoms in total. The van der Waals surface area contributed by atoms with Crippen molar-refractivity contribution in [2.45, 2.75) is 39.3 Å². The quantitative estimate of drug-likeness (QED) is 0.836. The lowest BCUT2D eigenvalue weighted by atomic mass is 9.91. The van der Waals surface area contributed by atoms with Crippen LogP contribution in [0.5, 0.6) is 5.75 Å². The van der Waals surface area contributed by atoms with Gasteiger partial charge in [0.1, 0.15) is 5.75 Å². The summed E-state index contributed by atoms with van der Waals surface area (Å²) < 4.78 is 5.18. The molecule has 0 bridgehead atoms. The molecule has 0 aromatic heterocycles. The Morgan fingerprint density at radius 3 is 2.83 bits per heavy atom. The lowest BCUT2D eigenvalue weighted by Gasteiger charge is -2.38. The normalized spacial score (nSPS) is 25.1. The average Bonchev–Trinajstić information content (AvgIpc) is 2.37. The summed E-state index contributed by atoms with van der Waals surface area (Å²) in [5.74, 6) is 1.61. The monoisotopic (exact) mass is 248 g/mol. The highest BCUT2D eigenvalue weighted by atomic mass is 16.5. The van der Waals surface area contributed by atoms with Crippen LogP contribution in [-0.4, -0.2) is 24.6 Å². The number of piperidine rings is 1. The maximum atomic E-state index is 6.09. The van der Waals surface area contributed by atoms with Gasteiger partial charge in [-0.05, 0) is 43.9 Å². The molecule has 1 aromatic rings. The first-order chi connectivity index (χ1) is 8.61. The Balaban J connectivity index is 2.09. The summed E-state index contributed by atoms with van der Waals surface area (Å²) >= 11 is 0. The first-order valence-electron chi connectivity index (χ1n) is 6.78. The molecule has 1 aliphatic rings. The largest absolute Gasteiger partial charge is 0.497 e. The Morgan fingerprint density at radius 2 is 2.17 bits per heavy atom. The third-order valence-electron chi connectivity index (χ3n) is 4.23. The first-order valence-corrected chi connectivity index (χ1v) is 6.78. The fourth-order valence-electron chi connectivity index (χ4n) is 2.71. The molecule has 1 aromatic carbocycles. The molecule has 1 fully saturated rings. The fourth-order valence-corrected chi connectivity index (χ4v) is 2.71. The predicted octanol–water partition coefficient (Wildman–Crippen LogP) is 2.90. The lowest BCUT2D eigenvalue weighted by Crippen LogP contribution is -2.41. The van der Waals surface area contributed by atoms with Crippen LogP contribution in [-0.2, 0) is 6.54 Å². The molecule has 2 atom stereocenters. The van der Waals surface area contributed by atoms with Gasteiger partial charge in [0.05, 0.1) is 7.11 Å². The zero-order valence-electron chi connectivity index (χ0n) is 11.6. The molecule has 0 aliphatic carbocycles. The Morgan fingerprint density at radius 1 is 1.39 bits per heavy atom. The van der Waals surface area contributed by atoms with E-state index in [0.29, 0.717) is 6.04 Å². The summed E-state index contributed by atoms with van der Waals surface area (Å²) in [7, 11) is 1.67. The van der Waals surface area contributed by atoms with Crippen molar-refractivity contribution in [2.75, 3.05) is 19.4 Å². The summed E-state index contributed by atoms with van der Waals surface area (Å²) in [6.45, 7) is 6.79. The number of likely N-dealkylation sites (tertiary alicyclic amines) is 1. The summed E-state index contributed by atoms with van der Waals surface area (Å²) in [6.07, 6.45) is 2.64. The molecule has 0 radical (unpaired) electrons. The van der Waals surface area contributed by atoms with Crippen molar-refractivity contribution in [1.82, 2.24) is 4.90 Å². The molecule has 0 amide bonds. The molecule has 2 rings (SSSR count). The van der Waals surface area contributed by atoms with Crippen molar-refractivity contribution in [1.29, 1.82) is 0 Å². The topological polar surface area (TPSA) is 38.5 Å². The van der Waals surface area contributed by atoms with Gasteiger partial charge in [0, 0.05) is 24.3 Å². The molecular weight excluding hydrogens is 224 g/mol. The van der Waals surface area contributed by atoms with Crippen LogP contribution in [0.15, 0.2) is 18.2 Å². The Labute approximate surface area is 110 Å². The van der Waals surface area contributed by atoms with Crippen molar-refractivity contribution >= 4 is 5.69 Å². The van der Waals surface area contributed by atoms with E-state index in [1.807, 2.05) is 12.1 Å². The Hall–Kier alpha value is -1.22. The molecule has 18 heavy (non-hydrogen) atoms. The van der Waals surface area contributed by atoms with Crippen LogP contribution in [0.4, 0.5) is 5.69 Å². The van der Waals surface area contributed by atoms with Crippen LogP contribution in [0, 0.1) is 5.92 Å². The van der Waals surface area contributed by atoms with Crippen LogP contribution in [0.2, 0.25) is 0 Å². The Bertz CT molecular complexity index is 405. The van der Waals surface area contributed by atoms with E-state index < -0.39 is 0 Å². The summed E-state index contributed by atoms with van der Waals surface area (Å²) in [6, 6.07) is 6.62. The minimum Gasteiger partial charge on any atom is -0.497 e. The van der Waals surface area contributed by atoms with Gasteiger partial charge in [-0.1, -0.05) is 13.0 Å². The van der Waals surface area contributed by atoms with E-state index in [1.165, 1.54) is 24.9 Å². The molecule has 2 unspecified atom stereocenters. The van der Waals surface area contributed by atoms with E-state index >= 15 is 0 Å². The number of hydrogen-bond donors (Lipinski definition) is 1. The second-order valence-electron chi connectivity index (χ2n) is 5.40. The zero-order chi connectivity index (χ0) is 13.1. The second kappa shape index (κ2) is 5.61. The number of rotatable bonds is 3. The van der Waals surface area contributed by atoms with Crippen LogP contribution in [0.25, 0.3) is 0 Å². The summed E-state index contributed by atoms with van der Waals surface area (Å²) in [5.41, 5.74) is 8.13. The molecule has 1 saturated heterocycles. The van der Waals surface area contributed by atoms with Crippen LogP contribution < -0.4 is 10.5 Å². The van der Waals surface area contributed by atoms with E-state index in [-0.39, 0.29) is 0 Å². The number of anilines is 1. The highest BCUT2D eigenvalue weighted by Crippen LogP contribution is 2.27. The third-order valence-corrected chi connectivity index (χ3v) is 4.23. The molecule has 1 heterocycles. The predicted molar refractivity (Wildman–Crippen MR) is 75.7 cm³/mol. The third kappa shape index (κ3) is 2.78. The highest BCUT2D eigenvalue weighted by Gasteiger charge is 2.24. The van der Waals surface area contributed by atoms with E-state index in [9.17, 15) is 0 Å². The van der Waals surface area contributed by atoms with Gasteiger partial charge in [-0.2, -0.15) is 0 Å². The minimum atomic E-state index is 0.639. The van der Waals surface area contributed by atoms with Gasteiger partial charge in [0.2, 0.25) is 0 Å². The van der Waals surface area contributed by atoms with E-state index in [4.69, 9.17) is 10.5 Å². The van der Waals surface area contributed by atoms with E-state index in [0.717, 1.165) is 23.9 Å². The maximum absolute atomic E-state index is 6.09. The van der Waals surface area contributed by atoms with Gasteiger partial charge < -0.3 is 10.5 Å². The van der Waals surface area contributed by atoms with Gasteiger partial charge >= 0.3 is 0 Å². The molecule has 100 valence electrons. The van der Waals surface area contributed by atoms with Crippen molar-refractivity contribution in [3.05, 3.63) is 23.8 Å².